The molecule has 4 nitrogen and oxygen atoms in total. The maximum atomic E-state index is 12.2. The minimum atomic E-state index is -0.900. The smallest absolute Gasteiger partial charge is 0.310 e. The second-order valence-electron chi connectivity index (χ2n) is 5.43. The molecule has 0 heterocycles. The number of hydrogen-bond donors (Lipinski definition) is 1. The Kier molecular flexibility index (Phi) is 3.30. The molecular weight excluding hydrogens is 256 g/mol. The van der Waals surface area contributed by atoms with Crippen molar-refractivity contribution in [3.8, 4) is 0 Å². The summed E-state index contributed by atoms with van der Waals surface area (Å²) in [6.07, 6.45) is 4.63. The van der Waals surface area contributed by atoms with Crippen molar-refractivity contribution in [3.05, 3.63) is 48.0 Å². The van der Waals surface area contributed by atoms with Crippen LogP contribution in [0.5, 0.6) is 0 Å². The lowest BCUT2D eigenvalue weighted by Crippen LogP contribution is -2.34. The van der Waals surface area contributed by atoms with Crippen LogP contribution < -0.4 is 0 Å². The Morgan fingerprint density at radius 2 is 1.75 bits per heavy atom. The Hall–Kier alpha value is -2.10. The van der Waals surface area contributed by atoms with Gasteiger partial charge in [-0.3, -0.25) is 9.59 Å². The van der Waals surface area contributed by atoms with E-state index < -0.39 is 23.8 Å². The Bertz CT molecular complexity index is 549. The molecule has 0 aromatic heterocycles. The predicted molar refractivity (Wildman–Crippen MR) is 71.6 cm³/mol. The van der Waals surface area contributed by atoms with E-state index in [9.17, 15) is 14.7 Å². The lowest BCUT2D eigenvalue weighted by molar-refractivity contribution is -0.159. The third kappa shape index (κ3) is 2.22. The molecule has 3 rings (SSSR count). The molecular formula is C16H16O4. The molecule has 1 fully saturated rings. The van der Waals surface area contributed by atoms with Gasteiger partial charge in [-0.25, -0.2) is 0 Å². The monoisotopic (exact) mass is 272 g/mol. The van der Waals surface area contributed by atoms with Gasteiger partial charge in [0.2, 0.25) is 0 Å². The van der Waals surface area contributed by atoms with Crippen molar-refractivity contribution in [1.29, 1.82) is 0 Å². The number of ether oxygens (including phenoxy) is 1. The molecule has 20 heavy (non-hydrogen) atoms. The second kappa shape index (κ2) is 5.12. The molecule has 104 valence electrons. The summed E-state index contributed by atoms with van der Waals surface area (Å²) in [7, 11) is 0. The minimum Gasteiger partial charge on any atom is -0.481 e. The molecule has 2 bridgehead atoms. The quantitative estimate of drug-likeness (QED) is 0.674. The Balaban J connectivity index is 1.68. The van der Waals surface area contributed by atoms with Crippen molar-refractivity contribution in [2.45, 2.75) is 13.0 Å². The van der Waals surface area contributed by atoms with Gasteiger partial charge in [0.15, 0.2) is 0 Å². The molecule has 4 atom stereocenters. The summed E-state index contributed by atoms with van der Waals surface area (Å²) in [5.41, 5.74) is 0.909. The average Bonchev–Trinajstić information content (AvgIpc) is 3.06. The first kappa shape index (κ1) is 12.9. The van der Waals surface area contributed by atoms with Crippen LogP contribution in [0.4, 0.5) is 0 Å². The van der Waals surface area contributed by atoms with E-state index in [0.29, 0.717) is 0 Å². The fraction of sp³-hybridized carbons (Fsp3) is 0.375. The van der Waals surface area contributed by atoms with Crippen LogP contribution in [0.25, 0.3) is 0 Å². The summed E-state index contributed by atoms with van der Waals surface area (Å²) in [5.74, 6) is -2.46. The van der Waals surface area contributed by atoms with Gasteiger partial charge < -0.3 is 9.84 Å². The van der Waals surface area contributed by atoms with Crippen LogP contribution in [0.15, 0.2) is 42.5 Å². The molecule has 0 unspecified atom stereocenters. The van der Waals surface area contributed by atoms with E-state index in [4.69, 9.17) is 4.74 Å². The van der Waals surface area contributed by atoms with Gasteiger partial charge in [0, 0.05) is 0 Å². The van der Waals surface area contributed by atoms with E-state index in [-0.39, 0.29) is 18.4 Å². The summed E-state index contributed by atoms with van der Waals surface area (Å²) < 4.78 is 5.31. The molecule has 0 spiro atoms. The fourth-order valence-electron chi connectivity index (χ4n) is 3.31. The van der Waals surface area contributed by atoms with Crippen LogP contribution in [-0.2, 0) is 20.9 Å². The van der Waals surface area contributed by atoms with E-state index in [2.05, 4.69) is 0 Å². The van der Waals surface area contributed by atoms with Gasteiger partial charge in [-0.15, -0.1) is 0 Å². The maximum absolute atomic E-state index is 12.2. The zero-order valence-corrected chi connectivity index (χ0v) is 10.9. The first-order valence-corrected chi connectivity index (χ1v) is 6.78. The van der Waals surface area contributed by atoms with E-state index in [1.54, 1.807) is 0 Å². The molecule has 0 radical (unpaired) electrons. The van der Waals surface area contributed by atoms with Gasteiger partial charge in [0.25, 0.3) is 0 Å². The predicted octanol–water partition coefficient (Wildman–Crippen LogP) is 2.25. The average molecular weight is 272 g/mol. The van der Waals surface area contributed by atoms with Crippen molar-refractivity contribution in [3.63, 3.8) is 0 Å². The highest BCUT2D eigenvalue weighted by Crippen LogP contribution is 2.48. The first-order chi connectivity index (χ1) is 9.66. The second-order valence-corrected chi connectivity index (χ2v) is 5.43. The van der Waals surface area contributed by atoms with Crippen molar-refractivity contribution in [2.75, 3.05) is 0 Å². The van der Waals surface area contributed by atoms with Crippen molar-refractivity contribution < 1.29 is 19.4 Å². The summed E-state index contributed by atoms with van der Waals surface area (Å²) >= 11 is 0. The highest BCUT2D eigenvalue weighted by molar-refractivity contribution is 5.83. The topological polar surface area (TPSA) is 63.6 Å². The van der Waals surface area contributed by atoms with Crippen LogP contribution in [-0.4, -0.2) is 17.0 Å². The molecule has 0 amide bonds. The molecule has 2 aliphatic rings. The fourth-order valence-corrected chi connectivity index (χ4v) is 3.31. The number of carbonyl (C=O) groups excluding carboxylic acids is 1. The standard InChI is InChI=1S/C16H16O4/c17-15(18)13-11-6-7-12(8-11)14(13)16(19)20-9-10-4-2-1-3-5-10/h1-7,11-14H,8-9H2,(H,17,18)/t11-,12+,13-,14+/m1/s1. The number of carbonyl (C=O) groups is 2. The molecule has 2 aliphatic carbocycles. The van der Waals surface area contributed by atoms with Crippen LogP contribution in [0.2, 0.25) is 0 Å². The summed E-state index contributed by atoms with van der Waals surface area (Å²) in [6.45, 7) is 0.198. The molecule has 0 saturated heterocycles. The van der Waals surface area contributed by atoms with Crippen molar-refractivity contribution in [1.82, 2.24) is 0 Å². The molecule has 1 N–H and O–H groups in total. The lowest BCUT2D eigenvalue weighted by atomic mass is 9.83. The zero-order chi connectivity index (χ0) is 14.1. The molecule has 0 aliphatic heterocycles. The number of rotatable bonds is 4. The van der Waals surface area contributed by atoms with Crippen LogP contribution in [0, 0.1) is 23.7 Å². The molecule has 4 heteroatoms. The number of benzene rings is 1. The highest BCUT2D eigenvalue weighted by Gasteiger charge is 2.52. The van der Waals surface area contributed by atoms with Crippen LogP contribution in [0.3, 0.4) is 0 Å². The largest absolute Gasteiger partial charge is 0.481 e. The molecule has 1 aromatic carbocycles. The van der Waals surface area contributed by atoms with Gasteiger partial charge in [-0.05, 0) is 23.8 Å². The van der Waals surface area contributed by atoms with Gasteiger partial charge >= 0.3 is 11.9 Å². The van der Waals surface area contributed by atoms with E-state index in [1.807, 2.05) is 42.5 Å². The van der Waals surface area contributed by atoms with Gasteiger partial charge in [0.1, 0.15) is 6.61 Å². The first-order valence-electron chi connectivity index (χ1n) is 6.78. The third-order valence-corrected chi connectivity index (χ3v) is 4.24. The Morgan fingerprint density at radius 1 is 1.10 bits per heavy atom. The SMILES string of the molecule is O=C(OCc1ccccc1)[C@@H]1[C@H](C(=O)O)[C@@H]2C=C[C@H]1C2. The number of allylic oxidation sites excluding steroid dienone is 2. The molecule has 1 aromatic rings. The number of fused-ring (bicyclic) bond motifs is 2. The Morgan fingerprint density at radius 3 is 2.40 bits per heavy atom. The number of hydrogen-bond acceptors (Lipinski definition) is 3. The van der Waals surface area contributed by atoms with E-state index in [1.165, 1.54) is 0 Å². The molecule has 1 saturated carbocycles. The summed E-state index contributed by atoms with van der Waals surface area (Å²) in [5, 5.41) is 9.30. The zero-order valence-electron chi connectivity index (χ0n) is 10.9. The van der Waals surface area contributed by atoms with Crippen molar-refractivity contribution in [2.24, 2.45) is 23.7 Å². The minimum absolute atomic E-state index is 0.0179. The van der Waals surface area contributed by atoms with Gasteiger partial charge in [-0.2, -0.15) is 0 Å². The Labute approximate surface area is 117 Å². The number of esters is 1. The van der Waals surface area contributed by atoms with Crippen LogP contribution in [0.1, 0.15) is 12.0 Å². The summed E-state index contributed by atoms with van der Waals surface area (Å²) in [4.78, 5) is 23.5. The lowest BCUT2D eigenvalue weighted by Gasteiger charge is -2.23. The number of aliphatic carboxylic acids is 1. The highest BCUT2D eigenvalue weighted by atomic mass is 16.5. The third-order valence-electron chi connectivity index (χ3n) is 4.24. The maximum Gasteiger partial charge on any atom is 0.310 e. The van der Waals surface area contributed by atoms with Crippen molar-refractivity contribution >= 4 is 11.9 Å². The normalized spacial score (nSPS) is 30.4. The number of carboxylic acid groups (broad SMARTS) is 1. The van der Waals surface area contributed by atoms with Gasteiger partial charge in [-0.1, -0.05) is 42.5 Å². The summed E-state index contributed by atoms with van der Waals surface area (Å²) in [6, 6.07) is 9.41. The van der Waals surface area contributed by atoms with E-state index in [0.717, 1.165) is 12.0 Å². The number of carboxylic acids is 1. The van der Waals surface area contributed by atoms with Gasteiger partial charge in [0.05, 0.1) is 11.8 Å². The van der Waals surface area contributed by atoms with E-state index >= 15 is 0 Å². The van der Waals surface area contributed by atoms with Crippen LogP contribution >= 0.6 is 0 Å².